The highest BCUT2D eigenvalue weighted by Crippen LogP contribution is 2.23. The normalized spacial score (nSPS) is 14.6. The Morgan fingerprint density at radius 1 is 1.19 bits per heavy atom. The molecule has 1 N–H and O–H groups in total. The number of nitrogens with zero attached hydrogens (tertiary/aromatic N) is 3. The summed E-state index contributed by atoms with van der Waals surface area (Å²) >= 11 is 0. The van der Waals surface area contributed by atoms with Crippen LogP contribution >= 0.6 is 0 Å². The van der Waals surface area contributed by atoms with E-state index in [4.69, 9.17) is 0 Å². The fraction of sp³-hybridized carbons (Fsp3) is 0.450. The Bertz CT molecular complexity index is 790. The molecule has 0 aliphatic carbocycles. The second kappa shape index (κ2) is 7.72. The average molecular weight is 354 g/mol. The maximum atomic E-state index is 13.1. The highest BCUT2D eigenvalue weighted by atomic mass is 16.2. The smallest absolute Gasteiger partial charge is 0.270 e. The van der Waals surface area contributed by atoms with Crippen molar-refractivity contribution < 1.29 is 9.59 Å². The second-order valence-electron chi connectivity index (χ2n) is 6.75. The average Bonchev–Trinajstić information content (AvgIpc) is 2.98. The molecule has 3 heterocycles. The fourth-order valence-electron chi connectivity index (χ4n) is 3.67. The molecule has 138 valence electrons. The Morgan fingerprint density at radius 2 is 1.92 bits per heavy atom. The number of H-pyrrole nitrogens is 1. The Kier molecular flexibility index (Phi) is 5.40. The SMILES string of the molecule is CCCc1c(C(=O)N2CCN(c3ccccn3)CC2)[nH]c(C)c1C(C)=O. The van der Waals surface area contributed by atoms with Crippen LogP contribution < -0.4 is 4.90 Å². The Balaban J connectivity index is 1.76. The van der Waals surface area contributed by atoms with Gasteiger partial charge in [0.1, 0.15) is 11.5 Å². The van der Waals surface area contributed by atoms with Gasteiger partial charge in [-0.3, -0.25) is 9.59 Å². The third kappa shape index (κ3) is 3.49. The lowest BCUT2D eigenvalue weighted by molar-refractivity contribution is 0.0740. The molecule has 6 nitrogen and oxygen atoms in total. The van der Waals surface area contributed by atoms with Gasteiger partial charge < -0.3 is 14.8 Å². The lowest BCUT2D eigenvalue weighted by Gasteiger charge is -2.35. The summed E-state index contributed by atoms with van der Waals surface area (Å²) in [5, 5.41) is 0. The van der Waals surface area contributed by atoms with Crippen LogP contribution in [0.15, 0.2) is 24.4 Å². The van der Waals surface area contributed by atoms with Crippen molar-refractivity contribution >= 4 is 17.5 Å². The molecule has 1 aliphatic heterocycles. The number of rotatable bonds is 5. The largest absolute Gasteiger partial charge is 0.354 e. The van der Waals surface area contributed by atoms with Crippen molar-refractivity contribution in [2.24, 2.45) is 0 Å². The molecule has 0 aromatic carbocycles. The van der Waals surface area contributed by atoms with Crippen LogP contribution in [0.5, 0.6) is 0 Å². The summed E-state index contributed by atoms with van der Waals surface area (Å²) in [7, 11) is 0. The van der Waals surface area contributed by atoms with Gasteiger partial charge in [-0.2, -0.15) is 0 Å². The van der Waals surface area contributed by atoms with Gasteiger partial charge >= 0.3 is 0 Å². The van der Waals surface area contributed by atoms with Gasteiger partial charge in [0.05, 0.1) is 0 Å². The van der Waals surface area contributed by atoms with E-state index in [1.807, 2.05) is 30.0 Å². The molecule has 6 heteroatoms. The number of nitrogens with one attached hydrogen (secondary N) is 1. The van der Waals surface area contributed by atoms with E-state index in [-0.39, 0.29) is 11.7 Å². The van der Waals surface area contributed by atoms with Crippen LogP contribution in [0.2, 0.25) is 0 Å². The van der Waals surface area contributed by atoms with Crippen molar-refractivity contribution in [3.05, 3.63) is 46.9 Å². The van der Waals surface area contributed by atoms with E-state index in [0.29, 0.717) is 24.3 Å². The standard InChI is InChI=1S/C20H26N4O2/c1-4-7-16-18(15(3)25)14(2)22-19(16)20(26)24-12-10-23(11-13-24)17-8-5-6-9-21-17/h5-6,8-9,22H,4,7,10-13H2,1-3H3. The number of amides is 1. The minimum atomic E-state index is -0.00952. The summed E-state index contributed by atoms with van der Waals surface area (Å²) in [6.07, 6.45) is 3.41. The zero-order valence-corrected chi connectivity index (χ0v) is 15.7. The first-order valence-electron chi connectivity index (χ1n) is 9.20. The van der Waals surface area contributed by atoms with E-state index in [2.05, 4.69) is 21.8 Å². The number of ketones is 1. The first kappa shape index (κ1) is 18.2. The number of aromatic nitrogens is 2. The van der Waals surface area contributed by atoms with Gasteiger partial charge in [0.2, 0.25) is 0 Å². The van der Waals surface area contributed by atoms with Crippen LogP contribution in [0.3, 0.4) is 0 Å². The van der Waals surface area contributed by atoms with Crippen molar-refractivity contribution in [3.63, 3.8) is 0 Å². The molecule has 0 unspecified atom stereocenters. The molecule has 0 spiro atoms. The number of carbonyl (C=O) groups excluding carboxylic acids is 2. The molecule has 0 saturated carbocycles. The monoisotopic (exact) mass is 354 g/mol. The number of pyridine rings is 1. The van der Waals surface area contributed by atoms with Crippen LogP contribution in [0, 0.1) is 6.92 Å². The summed E-state index contributed by atoms with van der Waals surface area (Å²) in [5.41, 5.74) is 2.93. The predicted molar refractivity (Wildman–Crippen MR) is 102 cm³/mol. The molecule has 1 amide bonds. The number of anilines is 1. The Morgan fingerprint density at radius 3 is 2.50 bits per heavy atom. The predicted octanol–water partition coefficient (Wildman–Crippen LogP) is 2.84. The highest BCUT2D eigenvalue weighted by Gasteiger charge is 2.28. The van der Waals surface area contributed by atoms with Crippen molar-refractivity contribution in [1.29, 1.82) is 0 Å². The molecule has 3 rings (SSSR count). The number of carbonyl (C=O) groups is 2. The van der Waals surface area contributed by atoms with Gasteiger partial charge in [0.25, 0.3) is 5.91 Å². The molecular weight excluding hydrogens is 328 g/mol. The maximum absolute atomic E-state index is 13.1. The number of hydrogen-bond donors (Lipinski definition) is 1. The van der Waals surface area contributed by atoms with Crippen molar-refractivity contribution in [2.45, 2.75) is 33.6 Å². The van der Waals surface area contributed by atoms with E-state index in [9.17, 15) is 9.59 Å². The molecule has 0 bridgehead atoms. The number of hydrogen-bond acceptors (Lipinski definition) is 4. The molecular formula is C20H26N4O2. The van der Waals surface area contributed by atoms with Crippen molar-refractivity contribution in [1.82, 2.24) is 14.9 Å². The zero-order valence-electron chi connectivity index (χ0n) is 15.7. The van der Waals surface area contributed by atoms with Crippen LogP contribution in [0.1, 0.15) is 52.4 Å². The lowest BCUT2D eigenvalue weighted by Crippen LogP contribution is -2.49. The summed E-state index contributed by atoms with van der Waals surface area (Å²) in [6, 6.07) is 5.87. The molecule has 1 fully saturated rings. The Labute approximate surface area is 154 Å². The van der Waals surface area contributed by atoms with Gasteiger partial charge in [-0.25, -0.2) is 4.98 Å². The van der Waals surface area contributed by atoms with Gasteiger partial charge in [0, 0.05) is 43.6 Å². The number of aromatic amines is 1. The van der Waals surface area contributed by atoms with Gasteiger partial charge in [-0.1, -0.05) is 19.4 Å². The van der Waals surface area contributed by atoms with Crippen LogP contribution in [-0.2, 0) is 6.42 Å². The van der Waals surface area contributed by atoms with E-state index in [1.165, 1.54) is 0 Å². The van der Waals surface area contributed by atoms with Crippen LogP contribution in [-0.4, -0.2) is 52.7 Å². The van der Waals surface area contributed by atoms with Gasteiger partial charge in [-0.05, 0) is 38.0 Å². The second-order valence-corrected chi connectivity index (χ2v) is 6.75. The minimum absolute atomic E-state index is 0.00952. The topological polar surface area (TPSA) is 69.3 Å². The molecule has 1 saturated heterocycles. The maximum Gasteiger partial charge on any atom is 0.270 e. The number of aryl methyl sites for hydroxylation is 1. The fourth-order valence-corrected chi connectivity index (χ4v) is 3.67. The first-order valence-corrected chi connectivity index (χ1v) is 9.20. The first-order chi connectivity index (χ1) is 12.5. The molecule has 1 aliphatic rings. The summed E-state index contributed by atoms with van der Waals surface area (Å²) < 4.78 is 0. The van der Waals surface area contributed by atoms with Gasteiger partial charge in [0.15, 0.2) is 5.78 Å². The van der Waals surface area contributed by atoms with Crippen LogP contribution in [0.25, 0.3) is 0 Å². The quantitative estimate of drug-likeness (QED) is 0.838. The summed E-state index contributed by atoms with van der Waals surface area (Å²) in [5.74, 6) is 0.951. The van der Waals surface area contributed by atoms with Crippen LogP contribution in [0.4, 0.5) is 5.82 Å². The number of piperazine rings is 1. The summed E-state index contributed by atoms with van der Waals surface area (Å²) in [4.78, 5) is 36.7. The highest BCUT2D eigenvalue weighted by molar-refractivity contribution is 6.02. The van der Waals surface area contributed by atoms with E-state index in [1.54, 1.807) is 13.1 Å². The van der Waals surface area contributed by atoms with E-state index in [0.717, 1.165) is 43.0 Å². The third-order valence-corrected chi connectivity index (χ3v) is 4.90. The summed E-state index contributed by atoms with van der Waals surface area (Å²) in [6.45, 7) is 8.30. The molecule has 0 radical (unpaired) electrons. The minimum Gasteiger partial charge on any atom is -0.354 e. The third-order valence-electron chi connectivity index (χ3n) is 4.90. The molecule has 0 atom stereocenters. The zero-order chi connectivity index (χ0) is 18.7. The molecule has 26 heavy (non-hydrogen) atoms. The lowest BCUT2D eigenvalue weighted by atomic mass is 10.0. The number of Topliss-reactive ketones (excluding diaryl/α,β-unsaturated/α-hetero) is 1. The Hall–Kier alpha value is -2.63. The van der Waals surface area contributed by atoms with Gasteiger partial charge in [-0.15, -0.1) is 0 Å². The van der Waals surface area contributed by atoms with E-state index >= 15 is 0 Å². The van der Waals surface area contributed by atoms with Crippen molar-refractivity contribution in [3.8, 4) is 0 Å². The van der Waals surface area contributed by atoms with Crippen molar-refractivity contribution in [2.75, 3.05) is 31.1 Å². The van der Waals surface area contributed by atoms with E-state index < -0.39 is 0 Å². The molecule has 2 aromatic rings. The molecule has 2 aromatic heterocycles.